The fraction of sp³-hybridized carbons (Fsp3) is 0.529. The largest absolute Gasteiger partial charge is 0.351 e. The maximum absolute atomic E-state index is 12.0. The summed E-state index contributed by atoms with van der Waals surface area (Å²) in [7, 11) is 0. The molecule has 1 rings (SSSR count). The predicted octanol–water partition coefficient (Wildman–Crippen LogP) is 3.13. The molecule has 0 heterocycles. The van der Waals surface area contributed by atoms with E-state index in [-0.39, 0.29) is 29.6 Å². The Morgan fingerprint density at radius 1 is 1.10 bits per heavy atom. The summed E-state index contributed by atoms with van der Waals surface area (Å²) >= 11 is 0. The number of carbonyl (C=O) groups excluding carboxylic acids is 2. The number of hydrogen-bond donors (Lipinski definition) is 1. The molecule has 0 radical (unpaired) electrons. The topological polar surface area (TPSA) is 46.2 Å². The molecular weight excluding hydrogens is 250 g/mol. The smallest absolute Gasteiger partial charge is 0.220 e. The van der Waals surface area contributed by atoms with Gasteiger partial charge in [-0.3, -0.25) is 9.59 Å². The third-order valence-corrected chi connectivity index (χ3v) is 3.05. The van der Waals surface area contributed by atoms with Gasteiger partial charge < -0.3 is 5.32 Å². The molecule has 0 unspecified atom stereocenters. The van der Waals surface area contributed by atoms with Crippen molar-refractivity contribution < 1.29 is 9.59 Å². The van der Waals surface area contributed by atoms with Crippen molar-refractivity contribution in [1.29, 1.82) is 0 Å². The van der Waals surface area contributed by atoms with Gasteiger partial charge >= 0.3 is 0 Å². The molecule has 0 fully saturated rings. The second-order valence-corrected chi connectivity index (χ2v) is 6.36. The van der Waals surface area contributed by atoms with Gasteiger partial charge in [0.25, 0.3) is 0 Å². The van der Waals surface area contributed by atoms with Gasteiger partial charge in [0.1, 0.15) is 5.78 Å². The number of rotatable bonds is 6. The van der Waals surface area contributed by atoms with Crippen LogP contribution in [0.15, 0.2) is 30.3 Å². The van der Waals surface area contributed by atoms with E-state index >= 15 is 0 Å². The molecule has 3 nitrogen and oxygen atoms in total. The van der Waals surface area contributed by atoms with Gasteiger partial charge in [0, 0.05) is 24.3 Å². The molecule has 110 valence electrons. The lowest BCUT2D eigenvalue weighted by Gasteiger charge is -2.20. The molecule has 1 aromatic rings. The molecule has 0 aromatic heterocycles. The summed E-state index contributed by atoms with van der Waals surface area (Å²) in [6.45, 7) is 7.73. The number of nitrogens with one attached hydrogen (secondary N) is 1. The van der Waals surface area contributed by atoms with Gasteiger partial charge in [-0.15, -0.1) is 0 Å². The number of amides is 1. The minimum absolute atomic E-state index is 0.0418. The van der Waals surface area contributed by atoms with Crippen LogP contribution in [0.2, 0.25) is 0 Å². The summed E-state index contributed by atoms with van der Waals surface area (Å²) in [4.78, 5) is 23.7. The first kappa shape index (κ1) is 16.4. The molecule has 1 amide bonds. The molecule has 20 heavy (non-hydrogen) atoms. The van der Waals surface area contributed by atoms with E-state index in [9.17, 15) is 9.59 Å². The third kappa shape index (κ3) is 6.50. The lowest BCUT2D eigenvalue weighted by atomic mass is 9.94. The lowest BCUT2D eigenvalue weighted by molar-refractivity contribution is -0.127. The zero-order chi connectivity index (χ0) is 15.2. The first-order chi connectivity index (χ1) is 9.28. The predicted molar refractivity (Wildman–Crippen MR) is 81.4 cm³/mol. The van der Waals surface area contributed by atoms with Crippen LogP contribution in [0.3, 0.4) is 0 Å². The highest BCUT2D eigenvalue weighted by Crippen LogP contribution is 2.12. The summed E-state index contributed by atoms with van der Waals surface area (Å²) in [6, 6.07) is 9.96. The van der Waals surface area contributed by atoms with Gasteiger partial charge in [0.2, 0.25) is 5.91 Å². The average Bonchev–Trinajstić information content (AvgIpc) is 2.35. The standard InChI is InChI=1S/C17H25NO2/c1-13(12-14-8-6-5-7-9-14)15(19)10-11-16(20)18-17(2,3)4/h5-9,13H,10-12H2,1-4H3,(H,18,20)/t13-/m1/s1. The maximum Gasteiger partial charge on any atom is 0.220 e. The van der Waals surface area contributed by atoms with Crippen molar-refractivity contribution in [3.8, 4) is 0 Å². The van der Waals surface area contributed by atoms with Gasteiger partial charge in [-0.2, -0.15) is 0 Å². The molecule has 0 spiro atoms. The average molecular weight is 275 g/mol. The highest BCUT2D eigenvalue weighted by atomic mass is 16.2. The molecule has 0 bridgehead atoms. The van der Waals surface area contributed by atoms with Crippen molar-refractivity contribution in [3.63, 3.8) is 0 Å². The Kier molecular flexibility index (Phi) is 5.93. The van der Waals surface area contributed by atoms with Crippen molar-refractivity contribution in [2.45, 2.75) is 52.5 Å². The number of Topliss-reactive ketones (excluding diaryl/α,β-unsaturated/α-hetero) is 1. The minimum atomic E-state index is -0.240. The first-order valence-corrected chi connectivity index (χ1v) is 7.15. The molecule has 0 aliphatic rings. The Morgan fingerprint density at radius 3 is 2.25 bits per heavy atom. The van der Waals surface area contributed by atoms with Crippen LogP contribution in [0, 0.1) is 5.92 Å². The second-order valence-electron chi connectivity index (χ2n) is 6.36. The number of carbonyl (C=O) groups is 2. The Hall–Kier alpha value is -1.64. The highest BCUT2D eigenvalue weighted by Gasteiger charge is 2.17. The van der Waals surface area contributed by atoms with Gasteiger partial charge in [-0.05, 0) is 32.8 Å². The molecule has 3 heteroatoms. The first-order valence-electron chi connectivity index (χ1n) is 7.15. The van der Waals surface area contributed by atoms with Gasteiger partial charge in [0.15, 0.2) is 0 Å². The van der Waals surface area contributed by atoms with Crippen LogP contribution in [0.25, 0.3) is 0 Å². The number of hydrogen-bond acceptors (Lipinski definition) is 2. The molecular formula is C17H25NO2. The number of benzene rings is 1. The van der Waals surface area contributed by atoms with Crippen molar-refractivity contribution in [2.75, 3.05) is 0 Å². The summed E-state index contributed by atoms with van der Waals surface area (Å²) < 4.78 is 0. The van der Waals surface area contributed by atoms with E-state index < -0.39 is 0 Å². The summed E-state index contributed by atoms with van der Waals surface area (Å²) in [5, 5.41) is 2.87. The van der Waals surface area contributed by atoms with E-state index in [1.54, 1.807) is 0 Å². The maximum atomic E-state index is 12.0. The lowest BCUT2D eigenvalue weighted by Crippen LogP contribution is -2.40. The van der Waals surface area contributed by atoms with Crippen molar-refractivity contribution in [1.82, 2.24) is 5.32 Å². The summed E-state index contributed by atoms with van der Waals surface area (Å²) in [5.41, 5.74) is 0.919. The zero-order valence-electron chi connectivity index (χ0n) is 12.9. The van der Waals surface area contributed by atoms with Crippen molar-refractivity contribution >= 4 is 11.7 Å². The molecule has 0 saturated carbocycles. The van der Waals surface area contributed by atoms with Crippen molar-refractivity contribution in [2.24, 2.45) is 5.92 Å². The molecule has 1 atom stereocenters. The zero-order valence-corrected chi connectivity index (χ0v) is 12.9. The van der Waals surface area contributed by atoms with Crippen LogP contribution < -0.4 is 5.32 Å². The Balaban J connectivity index is 2.37. The Morgan fingerprint density at radius 2 is 1.70 bits per heavy atom. The summed E-state index contributed by atoms with van der Waals surface area (Å²) in [5.74, 6) is 0.0514. The molecule has 0 aliphatic carbocycles. The highest BCUT2D eigenvalue weighted by molar-refractivity contribution is 5.86. The van der Waals surface area contributed by atoms with Crippen LogP contribution in [0.1, 0.15) is 46.1 Å². The fourth-order valence-corrected chi connectivity index (χ4v) is 2.05. The molecule has 1 N–H and O–H groups in total. The fourth-order valence-electron chi connectivity index (χ4n) is 2.05. The van der Waals surface area contributed by atoms with Gasteiger partial charge in [0.05, 0.1) is 0 Å². The van der Waals surface area contributed by atoms with Crippen LogP contribution in [0.4, 0.5) is 0 Å². The van der Waals surface area contributed by atoms with Crippen LogP contribution >= 0.6 is 0 Å². The van der Waals surface area contributed by atoms with Crippen LogP contribution in [-0.4, -0.2) is 17.2 Å². The van der Waals surface area contributed by atoms with Crippen molar-refractivity contribution in [3.05, 3.63) is 35.9 Å². The van der Waals surface area contributed by atoms with E-state index in [1.165, 1.54) is 0 Å². The Labute approximate surface area is 121 Å². The summed E-state index contributed by atoms with van der Waals surface area (Å²) in [6.07, 6.45) is 1.33. The monoisotopic (exact) mass is 275 g/mol. The molecule has 0 saturated heterocycles. The SMILES string of the molecule is C[C@H](Cc1ccccc1)C(=O)CCC(=O)NC(C)(C)C. The second kappa shape index (κ2) is 7.22. The normalized spacial score (nSPS) is 12.8. The quantitative estimate of drug-likeness (QED) is 0.867. The van der Waals surface area contributed by atoms with E-state index in [4.69, 9.17) is 0 Å². The minimum Gasteiger partial charge on any atom is -0.351 e. The molecule has 1 aromatic carbocycles. The van der Waals surface area contributed by atoms with E-state index in [0.717, 1.165) is 12.0 Å². The Bertz CT molecular complexity index is 446. The van der Waals surface area contributed by atoms with E-state index in [2.05, 4.69) is 5.32 Å². The van der Waals surface area contributed by atoms with Crippen LogP contribution in [-0.2, 0) is 16.0 Å². The number of ketones is 1. The molecule has 0 aliphatic heterocycles. The third-order valence-electron chi connectivity index (χ3n) is 3.05. The van der Waals surface area contributed by atoms with E-state index in [1.807, 2.05) is 58.0 Å². The van der Waals surface area contributed by atoms with E-state index in [0.29, 0.717) is 6.42 Å². The van der Waals surface area contributed by atoms with Gasteiger partial charge in [-0.1, -0.05) is 37.3 Å². The van der Waals surface area contributed by atoms with Crippen LogP contribution in [0.5, 0.6) is 0 Å². The van der Waals surface area contributed by atoms with Gasteiger partial charge in [-0.25, -0.2) is 0 Å².